The third-order valence-corrected chi connectivity index (χ3v) is 4.19. The number of aryl methyl sites for hydroxylation is 3. The zero-order chi connectivity index (χ0) is 16.7. The summed E-state index contributed by atoms with van der Waals surface area (Å²) < 4.78 is 3.53. The van der Waals surface area contributed by atoms with Gasteiger partial charge in [-0.15, -0.1) is 10.2 Å². The molecule has 0 spiro atoms. The number of rotatable bonds is 3. The molecule has 0 unspecified atom stereocenters. The van der Waals surface area contributed by atoms with Crippen LogP contribution in [0.2, 0.25) is 0 Å². The largest absolute Gasteiger partial charge is 0.340 e. The zero-order valence-electron chi connectivity index (χ0n) is 14.1. The quantitative estimate of drug-likeness (QED) is 0.729. The zero-order valence-corrected chi connectivity index (χ0v) is 14.1. The number of fused-ring (bicyclic) bond motifs is 1. The van der Waals surface area contributed by atoms with E-state index in [1.54, 1.807) is 9.20 Å². The molecule has 0 amide bonds. The Kier molecular flexibility index (Phi) is 3.51. The van der Waals surface area contributed by atoms with Gasteiger partial charge in [0.25, 0.3) is 5.78 Å². The van der Waals surface area contributed by atoms with Crippen molar-refractivity contribution in [3.63, 3.8) is 0 Å². The van der Waals surface area contributed by atoms with E-state index in [2.05, 4.69) is 30.0 Å². The Morgan fingerprint density at radius 1 is 1.00 bits per heavy atom. The predicted octanol–water partition coefficient (Wildman–Crippen LogP) is 1.64. The topological polar surface area (TPSA) is 77.0 Å². The van der Waals surface area contributed by atoms with Crippen LogP contribution in [0.4, 0.5) is 5.95 Å². The van der Waals surface area contributed by atoms with Crippen molar-refractivity contribution < 1.29 is 0 Å². The van der Waals surface area contributed by atoms with Gasteiger partial charge in [0.2, 0.25) is 5.95 Å². The molecular weight excluding hydrogens is 304 g/mol. The monoisotopic (exact) mass is 324 g/mol. The van der Waals surface area contributed by atoms with Gasteiger partial charge in [0, 0.05) is 31.5 Å². The van der Waals surface area contributed by atoms with Crippen LogP contribution in [0, 0.1) is 13.8 Å². The maximum atomic E-state index is 4.61. The molecule has 24 heavy (non-hydrogen) atoms. The van der Waals surface area contributed by atoms with Gasteiger partial charge < -0.3 is 4.90 Å². The van der Waals surface area contributed by atoms with Crippen LogP contribution in [0.5, 0.6) is 0 Å². The van der Waals surface area contributed by atoms with Crippen molar-refractivity contribution in [1.29, 1.82) is 0 Å². The van der Waals surface area contributed by atoms with Crippen LogP contribution in [0.25, 0.3) is 17.9 Å². The molecule has 0 atom stereocenters. The normalized spacial score (nSPS) is 15.2. The van der Waals surface area contributed by atoms with Crippen LogP contribution in [0.1, 0.15) is 35.9 Å². The van der Waals surface area contributed by atoms with Crippen molar-refractivity contribution in [2.45, 2.75) is 26.7 Å². The number of nitrogens with zero attached hydrogens (tertiary/aromatic N) is 8. The highest BCUT2D eigenvalue weighted by molar-refractivity contribution is 5.64. The molecule has 0 saturated carbocycles. The summed E-state index contributed by atoms with van der Waals surface area (Å²) in [6.45, 7) is 6.02. The molecule has 0 aliphatic carbocycles. The lowest BCUT2D eigenvalue weighted by Crippen LogP contribution is -2.19. The van der Waals surface area contributed by atoms with Crippen LogP contribution < -0.4 is 4.90 Å². The van der Waals surface area contributed by atoms with Gasteiger partial charge in [-0.1, -0.05) is 0 Å². The Morgan fingerprint density at radius 3 is 2.58 bits per heavy atom. The molecule has 4 rings (SSSR count). The lowest BCUT2D eigenvalue weighted by atomic mass is 10.4. The maximum Gasteiger partial charge on any atom is 0.253 e. The van der Waals surface area contributed by atoms with Crippen LogP contribution in [-0.2, 0) is 7.05 Å². The molecular formula is C16H20N8. The lowest BCUT2D eigenvalue weighted by molar-refractivity contribution is 0.747. The Balaban J connectivity index is 1.62. The van der Waals surface area contributed by atoms with Gasteiger partial charge in [0.05, 0.1) is 0 Å². The predicted molar refractivity (Wildman–Crippen MR) is 91.6 cm³/mol. The van der Waals surface area contributed by atoms with E-state index in [1.165, 1.54) is 12.8 Å². The van der Waals surface area contributed by atoms with Crippen LogP contribution in [0.15, 0.2) is 6.07 Å². The van der Waals surface area contributed by atoms with Crippen molar-refractivity contribution in [3.8, 4) is 0 Å². The first kappa shape index (κ1) is 14.8. The Morgan fingerprint density at radius 2 is 1.79 bits per heavy atom. The Bertz CT molecular complexity index is 914. The van der Waals surface area contributed by atoms with Gasteiger partial charge in [-0.2, -0.15) is 9.97 Å². The highest BCUT2D eigenvalue weighted by Crippen LogP contribution is 2.17. The van der Waals surface area contributed by atoms with E-state index in [-0.39, 0.29) is 0 Å². The van der Waals surface area contributed by atoms with E-state index < -0.39 is 0 Å². The van der Waals surface area contributed by atoms with Gasteiger partial charge >= 0.3 is 0 Å². The van der Waals surface area contributed by atoms with E-state index >= 15 is 0 Å². The molecule has 1 aliphatic heterocycles. The highest BCUT2D eigenvalue weighted by atomic mass is 15.4. The third-order valence-electron chi connectivity index (χ3n) is 4.19. The van der Waals surface area contributed by atoms with Crippen molar-refractivity contribution in [2.75, 3.05) is 18.0 Å². The standard InChI is InChI=1S/C16H20N8/c1-11-10-12(2)24-15(17-11)18-13(20-24)6-7-14-19-16(21-22(14)3)23-8-4-5-9-23/h6-7,10H,4-5,8-9H2,1-3H3. The summed E-state index contributed by atoms with van der Waals surface area (Å²) in [6.07, 6.45) is 6.16. The van der Waals surface area contributed by atoms with Gasteiger partial charge in [0.1, 0.15) is 0 Å². The smallest absolute Gasteiger partial charge is 0.253 e. The van der Waals surface area contributed by atoms with Crippen molar-refractivity contribution >= 4 is 23.9 Å². The number of hydrogen-bond acceptors (Lipinski definition) is 6. The molecule has 0 radical (unpaired) electrons. The number of aromatic nitrogens is 7. The second-order valence-corrected chi connectivity index (χ2v) is 6.14. The minimum atomic E-state index is 0.613. The first-order valence-corrected chi connectivity index (χ1v) is 8.15. The average molecular weight is 324 g/mol. The maximum absolute atomic E-state index is 4.61. The molecule has 1 fully saturated rings. The van der Waals surface area contributed by atoms with Crippen LogP contribution in [-0.4, -0.2) is 47.4 Å². The van der Waals surface area contributed by atoms with E-state index in [0.717, 1.165) is 36.3 Å². The summed E-state index contributed by atoms with van der Waals surface area (Å²) in [5.41, 5.74) is 1.95. The van der Waals surface area contributed by atoms with Crippen molar-refractivity contribution in [3.05, 3.63) is 29.1 Å². The fourth-order valence-corrected chi connectivity index (χ4v) is 2.98. The Hall–Kier alpha value is -2.77. The Labute approximate surface area is 139 Å². The lowest BCUT2D eigenvalue weighted by Gasteiger charge is -2.10. The van der Waals surface area contributed by atoms with Gasteiger partial charge in [-0.05, 0) is 44.9 Å². The van der Waals surface area contributed by atoms with E-state index in [0.29, 0.717) is 11.6 Å². The fourth-order valence-electron chi connectivity index (χ4n) is 2.98. The summed E-state index contributed by atoms with van der Waals surface area (Å²) in [4.78, 5) is 15.7. The molecule has 0 bridgehead atoms. The SMILES string of the molecule is Cc1cc(C)n2nc(C=Cc3nc(N4CCCC4)nn3C)nc2n1. The summed E-state index contributed by atoms with van der Waals surface area (Å²) in [7, 11) is 1.90. The molecule has 4 heterocycles. The first-order valence-electron chi connectivity index (χ1n) is 8.15. The molecule has 8 nitrogen and oxygen atoms in total. The second kappa shape index (κ2) is 5.70. The summed E-state index contributed by atoms with van der Waals surface area (Å²) in [5.74, 6) is 2.81. The first-order chi connectivity index (χ1) is 11.6. The average Bonchev–Trinajstić information content (AvgIpc) is 3.24. The molecule has 0 aromatic carbocycles. The van der Waals surface area contributed by atoms with Gasteiger partial charge in [-0.3, -0.25) is 0 Å². The summed E-state index contributed by atoms with van der Waals surface area (Å²) >= 11 is 0. The van der Waals surface area contributed by atoms with E-state index in [4.69, 9.17) is 0 Å². The number of hydrogen-bond donors (Lipinski definition) is 0. The second-order valence-electron chi connectivity index (χ2n) is 6.14. The molecule has 1 aliphatic rings. The molecule has 1 saturated heterocycles. The molecule has 8 heteroatoms. The van der Waals surface area contributed by atoms with E-state index in [1.807, 2.05) is 39.1 Å². The van der Waals surface area contributed by atoms with Crippen LogP contribution >= 0.6 is 0 Å². The summed E-state index contributed by atoms with van der Waals surface area (Å²) in [5, 5.41) is 8.97. The van der Waals surface area contributed by atoms with Crippen LogP contribution in [0.3, 0.4) is 0 Å². The van der Waals surface area contributed by atoms with Gasteiger partial charge in [0.15, 0.2) is 11.6 Å². The molecule has 3 aromatic rings. The highest BCUT2D eigenvalue weighted by Gasteiger charge is 2.17. The van der Waals surface area contributed by atoms with E-state index in [9.17, 15) is 0 Å². The summed E-state index contributed by atoms with van der Waals surface area (Å²) in [6, 6.07) is 1.99. The van der Waals surface area contributed by atoms with Crippen molar-refractivity contribution in [1.82, 2.24) is 34.3 Å². The minimum absolute atomic E-state index is 0.613. The molecule has 0 N–H and O–H groups in total. The number of anilines is 1. The fraction of sp³-hybridized carbons (Fsp3) is 0.438. The van der Waals surface area contributed by atoms with Crippen molar-refractivity contribution in [2.24, 2.45) is 7.05 Å². The molecule has 3 aromatic heterocycles. The molecule has 124 valence electrons. The third kappa shape index (κ3) is 2.64. The van der Waals surface area contributed by atoms with Gasteiger partial charge in [-0.25, -0.2) is 14.2 Å². The minimum Gasteiger partial charge on any atom is -0.340 e.